The molecule has 0 amide bonds. The Bertz CT molecular complexity index is 457. The highest BCUT2D eigenvalue weighted by atomic mass is 16.5. The smallest absolute Gasteiger partial charge is 0.326 e. The summed E-state index contributed by atoms with van der Waals surface area (Å²) in [6.07, 6.45) is 3.89. The molecule has 0 heterocycles. The number of ether oxygens (including phenoxy) is 1. The quantitative estimate of drug-likeness (QED) is 0.799. The first-order valence-electron chi connectivity index (χ1n) is 6.43. The fourth-order valence-electron chi connectivity index (χ4n) is 2.62. The molecule has 18 heavy (non-hydrogen) atoms. The fraction of sp³-hybridized carbons (Fsp3) is 0.500. The van der Waals surface area contributed by atoms with Crippen LogP contribution >= 0.6 is 0 Å². The van der Waals surface area contributed by atoms with Crippen molar-refractivity contribution in [3.8, 4) is 5.75 Å². The molecule has 0 saturated heterocycles. The molecule has 0 aliphatic heterocycles. The summed E-state index contributed by atoms with van der Waals surface area (Å²) in [5.41, 5.74) is 2.40. The van der Waals surface area contributed by atoms with Crippen molar-refractivity contribution in [3.05, 3.63) is 23.3 Å². The van der Waals surface area contributed by atoms with Gasteiger partial charge in [0, 0.05) is 5.92 Å². The number of methoxy groups -OCH3 is 1. The van der Waals surface area contributed by atoms with Crippen molar-refractivity contribution in [3.63, 3.8) is 0 Å². The van der Waals surface area contributed by atoms with Crippen molar-refractivity contribution in [2.45, 2.75) is 32.6 Å². The number of ketones is 1. The summed E-state index contributed by atoms with van der Waals surface area (Å²) in [5, 5.41) is 9.10. The molecule has 0 saturated carbocycles. The number of Topliss-reactive ketones (excluding diaryl/α,β-unsaturated/α-hetero) is 1. The zero-order valence-corrected chi connectivity index (χ0v) is 10.9. The third-order valence-electron chi connectivity index (χ3n) is 3.56. The number of hydrogen-bond donors (Lipinski definition) is 1. The number of fused-ring (bicyclic) bond motifs is 1. The van der Waals surface area contributed by atoms with Crippen molar-refractivity contribution in [1.29, 1.82) is 0 Å². The summed E-state index contributed by atoms with van der Waals surface area (Å²) in [7, 11) is 2.61. The molecule has 3 nitrogen and oxygen atoms in total. The highest BCUT2D eigenvalue weighted by Gasteiger charge is 2.33. The molecule has 1 aliphatic rings. The molecule has 0 aromatic heterocycles. The zero-order valence-electron chi connectivity index (χ0n) is 10.9. The van der Waals surface area contributed by atoms with Crippen molar-refractivity contribution in [2.75, 3.05) is 7.11 Å². The lowest BCUT2D eigenvalue weighted by atomic mass is 9.86. The first kappa shape index (κ1) is 13.2. The number of carbonyl (C=O) groups is 1. The van der Waals surface area contributed by atoms with Crippen LogP contribution in [0, 0.1) is 5.92 Å². The Kier molecular flexibility index (Phi) is 4.07. The molecule has 1 N–H and O–H groups in total. The van der Waals surface area contributed by atoms with Crippen molar-refractivity contribution >= 4 is 18.7 Å². The molecular formula is C14H18BO3. The summed E-state index contributed by atoms with van der Waals surface area (Å²) in [6.45, 7) is 2.13. The number of benzene rings is 1. The van der Waals surface area contributed by atoms with Crippen LogP contribution in [-0.4, -0.2) is 25.4 Å². The minimum absolute atomic E-state index is 0.0859. The van der Waals surface area contributed by atoms with Gasteiger partial charge >= 0.3 is 7.48 Å². The molecule has 0 fully saturated rings. The molecule has 95 valence electrons. The molecule has 4 heteroatoms. The summed E-state index contributed by atoms with van der Waals surface area (Å²) >= 11 is 0. The topological polar surface area (TPSA) is 46.5 Å². The van der Waals surface area contributed by atoms with Gasteiger partial charge in [-0.3, -0.25) is 4.79 Å². The third kappa shape index (κ3) is 2.30. The largest absolute Gasteiger partial charge is 0.496 e. The molecule has 0 bridgehead atoms. The Morgan fingerprint density at radius 3 is 2.89 bits per heavy atom. The van der Waals surface area contributed by atoms with E-state index in [1.54, 1.807) is 13.2 Å². The molecule has 1 atom stereocenters. The third-order valence-corrected chi connectivity index (χ3v) is 3.56. The maximum absolute atomic E-state index is 12.3. The highest BCUT2D eigenvalue weighted by Crippen LogP contribution is 2.35. The molecule has 1 aromatic carbocycles. The second-order valence-corrected chi connectivity index (χ2v) is 4.79. The first-order chi connectivity index (χ1) is 8.71. The van der Waals surface area contributed by atoms with Crippen LogP contribution < -0.4 is 10.2 Å². The maximum Gasteiger partial charge on any atom is 0.326 e. The van der Waals surface area contributed by atoms with E-state index in [2.05, 4.69) is 6.92 Å². The van der Waals surface area contributed by atoms with Gasteiger partial charge in [-0.05, 0) is 29.9 Å². The van der Waals surface area contributed by atoms with E-state index in [-0.39, 0.29) is 11.7 Å². The molecule has 0 spiro atoms. The fourth-order valence-corrected chi connectivity index (χ4v) is 2.62. The monoisotopic (exact) mass is 245 g/mol. The van der Waals surface area contributed by atoms with Crippen LogP contribution in [0.1, 0.15) is 42.1 Å². The minimum Gasteiger partial charge on any atom is -0.496 e. The average molecular weight is 245 g/mol. The van der Waals surface area contributed by atoms with E-state index in [0.717, 1.165) is 38.7 Å². The number of rotatable bonds is 5. The molecule has 2 rings (SSSR count). The summed E-state index contributed by atoms with van der Waals surface area (Å²) in [6, 6.07) is 3.58. The van der Waals surface area contributed by atoms with Crippen LogP contribution in [0.2, 0.25) is 0 Å². The Morgan fingerprint density at radius 1 is 1.50 bits per heavy atom. The first-order valence-corrected chi connectivity index (χ1v) is 6.43. The van der Waals surface area contributed by atoms with Gasteiger partial charge in [-0.25, -0.2) is 0 Å². The van der Waals surface area contributed by atoms with Crippen LogP contribution in [-0.2, 0) is 6.42 Å². The standard InChI is InChI=1S/C14H18BO3/c1-3-4-5-9-6-10-7-11(15-17)8-12(18-2)13(10)14(9)16/h7-9,17H,3-6H2,1-2H3. The lowest BCUT2D eigenvalue weighted by molar-refractivity contribution is 0.0927. The van der Waals surface area contributed by atoms with E-state index in [9.17, 15) is 4.79 Å². The van der Waals surface area contributed by atoms with Crippen molar-refractivity contribution in [1.82, 2.24) is 0 Å². The Labute approximate surface area is 108 Å². The van der Waals surface area contributed by atoms with E-state index >= 15 is 0 Å². The predicted molar refractivity (Wildman–Crippen MR) is 71.7 cm³/mol. The SMILES string of the molecule is CCCCC1Cc2cc([B]O)cc(OC)c2C1=O. The van der Waals surface area contributed by atoms with Gasteiger partial charge in [0.25, 0.3) is 0 Å². The van der Waals surface area contributed by atoms with E-state index in [1.807, 2.05) is 6.07 Å². The van der Waals surface area contributed by atoms with Crippen LogP contribution in [0.3, 0.4) is 0 Å². The molecule has 1 aliphatic carbocycles. The van der Waals surface area contributed by atoms with Gasteiger partial charge in [0.15, 0.2) is 5.78 Å². The minimum atomic E-state index is 0.0859. The molecule has 1 unspecified atom stereocenters. The average Bonchev–Trinajstić information content (AvgIpc) is 2.72. The van der Waals surface area contributed by atoms with Crippen LogP contribution in [0.25, 0.3) is 0 Å². The van der Waals surface area contributed by atoms with Gasteiger partial charge in [-0.1, -0.05) is 25.8 Å². The van der Waals surface area contributed by atoms with Gasteiger partial charge in [-0.2, -0.15) is 0 Å². The van der Waals surface area contributed by atoms with E-state index in [4.69, 9.17) is 9.76 Å². The lowest BCUT2D eigenvalue weighted by Crippen LogP contribution is -2.15. The lowest BCUT2D eigenvalue weighted by Gasteiger charge is -2.08. The van der Waals surface area contributed by atoms with Crippen LogP contribution in [0.15, 0.2) is 12.1 Å². The maximum atomic E-state index is 12.3. The van der Waals surface area contributed by atoms with Crippen molar-refractivity contribution < 1.29 is 14.6 Å². The van der Waals surface area contributed by atoms with E-state index in [1.165, 1.54) is 0 Å². The zero-order chi connectivity index (χ0) is 13.1. The Morgan fingerprint density at radius 2 is 2.28 bits per heavy atom. The van der Waals surface area contributed by atoms with E-state index in [0.29, 0.717) is 16.8 Å². The number of unbranched alkanes of at least 4 members (excludes halogenated alkanes) is 1. The summed E-state index contributed by atoms with van der Waals surface area (Å²) in [4.78, 5) is 12.3. The number of hydrogen-bond acceptors (Lipinski definition) is 3. The summed E-state index contributed by atoms with van der Waals surface area (Å²) in [5.74, 6) is 0.861. The molecular weight excluding hydrogens is 227 g/mol. The van der Waals surface area contributed by atoms with Gasteiger partial charge in [0.05, 0.1) is 12.7 Å². The summed E-state index contributed by atoms with van der Waals surface area (Å²) < 4.78 is 5.27. The normalized spacial score (nSPS) is 17.7. The molecule has 1 aromatic rings. The highest BCUT2D eigenvalue weighted by molar-refractivity contribution is 6.45. The second kappa shape index (κ2) is 5.57. The van der Waals surface area contributed by atoms with Gasteiger partial charge in [-0.15, -0.1) is 0 Å². The Hall–Kier alpha value is -1.29. The van der Waals surface area contributed by atoms with Gasteiger partial charge in [0.1, 0.15) is 5.75 Å². The second-order valence-electron chi connectivity index (χ2n) is 4.79. The van der Waals surface area contributed by atoms with Crippen molar-refractivity contribution in [2.24, 2.45) is 5.92 Å². The Balaban J connectivity index is 2.32. The van der Waals surface area contributed by atoms with Gasteiger partial charge in [0.2, 0.25) is 0 Å². The van der Waals surface area contributed by atoms with Gasteiger partial charge < -0.3 is 9.76 Å². The predicted octanol–water partition coefficient (Wildman–Crippen LogP) is 1.48. The molecule has 1 radical (unpaired) electrons. The number of carbonyl (C=O) groups excluding carboxylic acids is 1. The van der Waals surface area contributed by atoms with Crippen LogP contribution in [0.5, 0.6) is 5.75 Å². The van der Waals surface area contributed by atoms with Crippen LogP contribution in [0.4, 0.5) is 0 Å². The van der Waals surface area contributed by atoms with E-state index < -0.39 is 0 Å².